The fourth-order valence-electron chi connectivity index (χ4n) is 2.92. The molecule has 152 valence electrons. The van der Waals surface area contributed by atoms with E-state index in [9.17, 15) is 13.2 Å². The molecule has 0 unspecified atom stereocenters. The molecule has 0 aromatic heterocycles. The van der Waals surface area contributed by atoms with Crippen LogP contribution in [0.15, 0.2) is 23.1 Å². The number of nitrogens with zero attached hydrogens (tertiary/aromatic N) is 2. The lowest BCUT2D eigenvalue weighted by atomic mass is 10.2. The van der Waals surface area contributed by atoms with Crippen LogP contribution >= 0.6 is 0 Å². The van der Waals surface area contributed by atoms with Crippen LogP contribution in [-0.2, 0) is 14.8 Å². The minimum Gasteiger partial charge on any atom is -0.492 e. The van der Waals surface area contributed by atoms with Crippen LogP contribution in [0, 0.1) is 0 Å². The summed E-state index contributed by atoms with van der Waals surface area (Å²) in [4.78, 5) is 14.3. The van der Waals surface area contributed by atoms with E-state index in [0.717, 1.165) is 19.3 Å². The summed E-state index contributed by atoms with van der Waals surface area (Å²) < 4.78 is 33.3. The average molecular weight is 398 g/mol. The van der Waals surface area contributed by atoms with Crippen LogP contribution in [-0.4, -0.2) is 62.9 Å². The number of likely N-dealkylation sites (N-methyl/N-ethyl adjacent to an activating group) is 1. The van der Waals surface area contributed by atoms with Crippen LogP contribution in [0.3, 0.4) is 0 Å². The predicted molar refractivity (Wildman–Crippen MR) is 107 cm³/mol. The van der Waals surface area contributed by atoms with Gasteiger partial charge in [-0.3, -0.25) is 9.69 Å². The summed E-state index contributed by atoms with van der Waals surface area (Å²) in [7, 11) is -1.79. The number of piperidine rings is 1. The van der Waals surface area contributed by atoms with Gasteiger partial charge in [-0.1, -0.05) is 6.42 Å². The summed E-state index contributed by atoms with van der Waals surface area (Å²) in [6, 6.07) is 5.03. The third-order valence-electron chi connectivity index (χ3n) is 4.73. The van der Waals surface area contributed by atoms with Crippen LogP contribution in [0.25, 0.3) is 0 Å². The Labute approximate surface area is 162 Å². The second kappa shape index (κ2) is 9.52. The van der Waals surface area contributed by atoms with Gasteiger partial charge in [0.15, 0.2) is 0 Å². The molecule has 1 fully saturated rings. The normalized spacial score (nSPS) is 15.9. The first-order chi connectivity index (χ1) is 12.8. The van der Waals surface area contributed by atoms with Crippen LogP contribution in [0.4, 0.5) is 5.69 Å². The van der Waals surface area contributed by atoms with Crippen molar-refractivity contribution in [2.75, 3.05) is 38.6 Å². The molecule has 8 heteroatoms. The molecule has 1 heterocycles. The highest BCUT2D eigenvalue weighted by atomic mass is 32.2. The molecule has 1 aromatic carbocycles. The maximum absolute atomic E-state index is 13.1. The third kappa shape index (κ3) is 5.67. The Morgan fingerprint density at radius 1 is 1.26 bits per heavy atom. The van der Waals surface area contributed by atoms with Gasteiger partial charge in [0.2, 0.25) is 15.9 Å². The standard InChI is InChI=1S/C19H31N3O4S/c1-5-26-17-10-9-16(20-19(23)14-21(4)15(2)3)13-18(17)27(24,25)22-11-7-6-8-12-22/h9-10,13,15H,5-8,11-12,14H2,1-4H3,(H,20,23). The number of carbonyl (C=O) groups is 1. The summed E-state index contributed by atoms with van der Waals surface area (Å²) in [5, 5.41) is 2.79. The average Bonchev–Trinajstić information content (AvgIpc) is 2.63. The number of sulfonamides is 1. The van der Waals surface area contributed by atoms with Crippen LogP contribution in [0.5, 0.6) is 5.75 Å². The zero-order chi connectivity index (χ0) is 20.0. The van der Waals surface area contributed by atoms with E-state index in [4.69, 9.17) is 4.74 Å². The highest BCUT2D eigenvalue weighted by molar-refractivity contribution is 7.89. The zero-order valence-electron chi connectivity index (χ0n) is 16.7. The fraction of sp³-hybridized carbons (Fsp3) is 0.632. The van der Waals surface area contributed by atoms with Gasteiger partial charge >= 0.3 is 0 Å². The highest BCUT2D eigenvalue weighted by Gasteiger charge is 2.29. The molecule has 1 N–H and O–H groups in total. The van der Waals surface area contributed by atoms with E-state index in [-0.39, 0.29) is 23.4 Å². The van der Waals surface area contributed by atoms with E-state index in [1.165, 1.54) is 10.4 Å². The molecule has 1 amide bonds. The Morgan fingerprint density at radius 2 is 1.93 bits per heavy atom. The number of ether oxygens (including phenoxy) is 1. The first-order valence-electron chi connectivity index (χ1n) is 9.52. The van der Waals surface area contributed by atoms with Crippen LogP contribution < -0.4 is 10.1 Å². The molecule has 0 aliphatic carbocycles. The summed E-state index contributed by atoms with van der Waals surface area (Å²) in [5.74, 6) is 0.136. The molecule has 0 atom stereocenters. The van der Waals surface area contributed by atoms with Crippen LogP contribution in [0.1, 0.15) is 40.0 Å². The molecular formula is C19H31N3O4S. The molecule has 2 rings (SSSR count). The van der Waals surface area contributed by atoms with Gasteiger partial charge in [0.1, 0.15) is 10.6 Å². The molecule has 1 saturated heterocycles. The van der Waals surface area contributed by atoms with E-state index in [2.05, 4.69) is 5.32 Å². The van der Waals surface area contributed by atoms with Gasteiger partial charge in [0, 0.05) is 24.8 Å². The Bertz CT molecular complexity index is 743. The van der Waals surface area contributed by atoms with Gasteiger partial charge < -0.3 is 10.1 Å². The molecule has 7 nitrogen and oxygen atoms in total. The summed E-state index contributed by atoms with van der Waals surface area (Å²) in [6.07, 6.45) is 2.77. The van der Waals surface area contributed by atoms with Crippen LogP contribution in [0.2, 0.25) is 0 Å². The number of amides is 1. The second-order valence-electron chi connectivity index (χ2n) is 7.12. The SMILES string of the molecule is CCOc1ccc(NC(=O)CN(C)C(C)C)cc1S(=O)(=O)N1CCCCC1. The number of benzene rings is 1. The first kappa shape index (κ1) is 21.7. The van der Waals surface area contributed by atoms with Gasteiger partial charge in [0.25, 0.3) is 0 Å². The van der Waals surface area contributed by atoms with E-state index >= 15 is 0 Å². The molecule has 0 radical (unpaired) electrons. The van der Waals surface area contributed by atoms with E-state index < -0.39 is 10.0 Å². The Hall–Kier alpha value is -1.64. The maximum Gasteiger partial charge on any atom is 0.246 e. The number of carbonyl (C=O) groups excluding carboxylic acids is 1. The van der Waals surface area contributed by atoms with Crippen molar-refractivity contribution in [3.05, 3.63) is 18.2 Å². The molecule has 0 bridgehead atoms. The topological polar surface area (TPSA) is 79.0 Å². The van der Waals surface area contributed by atoms with E-state index in [1.54, 1.807) is 12.1 Å². The van der Waals surface area contributed by atoms with E-state index in [0.29, 0.717) is 31.1 Å². The zero-order valence-corrected chi connectivity index (χ0v) is 17.5. The van der Waals surface area contributed by atoms with Gasteiger partial charge in [-0.2, -0.15) is 4.31 Å². The summed E-state index contributed by atoms with van der Waals surface area (Å²) in [5.41, 5.74) is 0.455. The van der Waals surface area contributed by atoms with Crippen molar-refractivity contribution in [3.8, 4) is 5.75 Å². The van der Waals surface area contributed by atoms with Crippen molar-refractivity contribution in [2.24, 2.45) is 0 Å². The fourth-order valence-corrected chi connectivity index (χ4v) is 4.59. The third-order valence-corrected chi connectivity index (χ3v) is 6.65. The van der Waals surface area contributed by atoms with Gasteiger partial charge in [-0.15, -0.1) is 0 Å². The number of anilines is 1. The Balaban J connectivity index is 2.27. The van der Waals surface area contributed by atoms with Crippen molar-refractivity contribution in [3.63, 3.8) is 0 Å². The molecule has 27 heavy (non-hydrogen) atoms. The molecular weight excluding hydrogens is 366 g/mol. The lowest BCUT2D eigenvalue weighted by molar-refractivity contribution is -0.117. The predicted octanol–water partition coefficient (Wildman–Crippen LogP) is 2.54. The Kier molecular flexibility index (Phi) is 7.64. The summed E-state index contributed by atoms with van der Waals surface area (Å²) in [6.45, 7) is 7.47. The largest absolute Gasteiger partial charge is 0.492 e. The number of hydrogen-bond donors (Lipinski definition) is 1. The molecule has 0 spiro atoms. The number of nitrogens with one attached hydrogen (secondary N) is 1. The smallest absolute Gasteiger partial charge is 0.246 e. The van der Waals surface area contributed by atoms with Crippen molar-refractivity contribution < 1.29 is 17.9 Å². The van der Waals surface area contributed by atoms with Crippen molar-refractivity contribution in [2.45, 2.75) is 51.0 Å². The van der Waals surface area contributed by atoms with Crippen molar-refractivity contribution in [1.29, 1.82) is 0 Å². The van der Waals surface area contributed by atoms with Gasteiger partial charge in [-0.25, -0.2) is 8.42 Å². The summed E-state index contributed by atoms with van der Waals surface area (Å²) >= 11 is 0. The lowest BCUT2D eigenvalue weighted by Gasteiger charge is -2.27. The van der Waals surface area contributed by atoms with Gasteiger partial charge in [-0.05, 0) is 58.9 Å². The van der Waals surface area contributed by atoms with Gasteiger partial charge in [0.05, 0.1) is 13.2 Å². The first-order valence-corrected chi connectivity index (χ1v) is 11.0. The molecule has 1 aromatic rings. The lowest BCUT2D eigenvalue weighted by Crippen LogP contribution is -2.36. The maximum atomic E-state index is 13.1. The Morgan fingerprint density at radius 3 is 2.52 bits per heavy atom. The molecule has 1 aliphatic rings. The number of hydrogen-bond acceptors (Lipinski definition) is 5. The highest BCUT2D eigenvalue weighted by Crippen LogP contribution is 2.31. The minimum absolute atomic E-state index is 0.112. The van der Waals surface area contributed by atoms with Crippen molar-refractivity contribution in [1.82, 2.24) is 9.21 Å². The molecule has 1 aliphatic heterocycles. The minimum atomic E-state index is -3.66. The second-order valence-corrected chi connectivity index (χ2v) is 9.02. The van der Waals surface area contributed by atoms with Crippen molar-refractivity contribution >= 4 is 21.6 Å². The molecule has 0 saturated carbocycles. The quantitative estimate of drug-likeness (QED) is 0.729. The van der Waals surface area contributed by atoms with E-state index in [1.807, 2.05) is 32.7 Å². The number of rotatable bonds is 8. The monoisotopic (exact) mass is 397 g/mol.